The molecule has 2 N–H and O–H groups in total. The van der Waals surface area contributed by atoms with Crippen molar-refractivity contribution in [3.63, 3.8) is 0 Å². The molecule has 254 valence electrons. The summed E-state index contributed by atoms with van der Waals surface area (Å²) in [7, 11) is 0.836. The molecule has 1 amide bonds. The normalized spacial score (nSPS) is 15.7. The molecule has 13 heteroatoms. The van der Waals surface area contributed by atoms with Crippen LogP contribution in [-0.4, -0.2) is 96.1 Å². The first-order valence-electron chi connectivity index (χ1n) is 15.3. The van der Waals surface area contributed by atoms with Gasteiger partial charge in [0, 0.05) is 20.1 Å². The van der Waals surface area contributed by atoms with Gasteiger partial charge in [0.15, 0.2) is 0 Å². The van der Waals surface area contributed by atoms with Crippen LogP contribution < -0.4 is 14.8 Å². The third-order valence-electron chi connectivity index (χ3n) is 7.79. The van der Waals surface area contributed by atoms with Crippen molar-refractivity contribution in [2.75, 3.05) is 54.3 Å². The number of carboxylic acids is 1. The van der Waals surface area contributed by atoms with E-state index in [1.807, 2.05) is 24.3 Å². The first-order chi connectivity index (χ1) is 22.7. The van der Waals surface area contributed by atoms with Gasteiger partial charge in [0.2, 0.25) is 15.9 Å². The maximum absolute atomic E-state index is 13.3. The summed E-state index contributed by atoms with van der Waals surface area (Å²) in [4.78, 5) is 25.5. The number of rotatable bonds is 18. The van der Waals surface area contributed by atoms with Crippen LogP contribution in [0, 0.1) is 0 Å². The zero-order valence-corrected chi connectivity index (χ0v) is 27.7. The molecular formula is C34H42N2O10S. The van der Waals surface area contributed by atoms with Crippen LogP contribution in [0.25, 0.3) is 11.1 Å². The van der Waals surface area contributed by atoms with Gasteiger partial charge in [0.1, 0.15) is 23.6 Å². The van der Waals surface area contributed by atoms with E-state index < -0.39 is 34.0 Å². The zero-order chi connectivity index (χ0) is 33.8. The summed E-state index contributed by atoms with van der Waals surface area (Å²) in [5.74, 6) is -0.702. The van der Waals surface area contributed by atoms with E-state index in [-0.39, 0.29) is 17.9 Å². The molecule has 1 fully saturated rings. The maximum Gasteiger partial charge on any atom is 0.326 e. The summed E-state index contributed by atoms with van der Waals surface area (Å²) in [6, 6.07) is 16.6. The van der Waals surface area contributed by atoms with Gasteiger partial charge >= 0.3 is 5.97 Å². The Bertz CT molecular complexity index is 1560. The van der Waals surface area contributed by atoms with Crippen LogP contribution in [0.1, 0.15) is 24.0 Å². The largest absolute Gasteiger partial charge is 0.496 e. The van der Waals surface area contributed by atoms with Crippen molar-refractivity contribution in [2.45, 2.75) is 42.8 Å². The van der Waals surface area contributed by atoms with Crippen LogP contribution in [-0.2, 0) is 46.9 Å². The predicted octanol–water partition coefficient (Wildman–Crippen LogP) is 3.52. The van der Waals surface area contributed by atoms with Crippen LogP contribution in [0.5, 0.6) is 11.5 Å². The molecule has 3 aromatic carbocycles. The van der Waals surface area contributed by atoms with E-state index in [0.717, 1.165) is 21.0 Å². The first-order valence-corrected chi connectivity index (χ1v) is 16.7. The Balaban J connectivity index is 1.43. The fourth-order valence-corrected chi connectivity index (χ4v) is 7.09. The van der Waals surface area contributed by atoms with E-state index in [9.17, 15) is 23.1 Å². The van der Waals surface area contributed by atoms with E-state index in [4.69, 9.17) is 23.7 Å². The molecule has 0 aliphatic carbocycles. The number of nitrogens with zero attached hydrogens (tertiary/aromatic N) is 1. The van der Waals surface area contributed by atoms with Crippen molar-refractivity contribution < 1.29 is 46.8 Å². The van der Waals surface area contributed by atoms with Crippen LogP contribution >= 0.6 is 0 Å². The number of sulfonamides is 1. The Morgan fingerprint density at radius 3 is 2.15 bits per heavy atom. The summed E-state index contributed by atoms with van der Waals surface area (Å²) in [5, 5.41) is 12.5. The lowest BCUT2D eigenvalue weighted by Crippen LogP contribution is -2.51. The highest BCUT2D eigenvalue weighted by Gasteiger charge is 2.40. The molecule has 0 aromatic heterocycles. The molecule has 0 saturated carbocycles. The van der Waals surface area contributed by atoms with Gasteiger partial charge in [-0.1, -0.05) is 42.5 Å². The van der Waals surface area contributed by atoms with Gasteiger partial charge in [-0.15, -0.1) is 0 Å². The van der Waals surface area contributed by atoms with Crippen molar-refractivity contribution >= 4 is 21.9 Å². The van der Waals surface area contributed by atoms with Crippen molar-refractivity contribution in [2.24, 2.45) is 0 Å². The van der Waals surface area contributed by atoms with Gasteiger partial charge < -0.3 is 34.1 Å². The summed E-state index contributed by atoms with van der Waals surface area (Å²) in [6.45, 7) is 2.40. The molecule has 1 saturated heterocycles. The number of hydrogen-bond donors (Lipinski definition) is 2. The fourth-order valence-electron chi connectivity index (χ4n) is 5.42. The molecule has 4 rings (SSSR count). The molecule has 0 spiro atoms. The summed E-state index contributed by atoms with van der Waals surface area (Å²) >= 11 is 0. The lowest BCUT2D eigenvalue weighted by Gasteiger charge is -2.25. The Labute approximate surface area is 275 Å². The van der Waals surface area contributed by atoms with E-state index in [2.05, 4.69) is 5.32 Å². The summed E-state index contributed by atoms with van der Waals surface area (Å²) < 4.78 is 55.1. The third-order valence-corrected chi connectivity index (χ3v) is 9.71. The van der Waals surface area contributed by atoms with E-state index in [1.165, 1.54) is 12.1 Å². The second-order valence-corrected chi connectivity index (χ2v) is 12.8. The number of aliphatic carboxylic acids is 1. The van der Waals surface area contributed by atoms with Crippen molar-refractivity contribution in [1.82, 2.24) is 9.62 Å². The van der Waals surface area contributed by atoms with E-state index in [0.29, 0.717) is 62.9 Å². The number of carbonyl (C=O) groups is 2. The van der Waals surface area contributed by atoms with Gasteiger partial charge in [0.05, 0.1) is 57.7 Å². The van der Waals surface area contributed by atoms with Crippen molar-refractivity contribution in [3.8, 4) is 22.6 Å². The smallest absolute Gasteiger partial charge is 0.326 e. The Morgan fingerprint density at radius 1 is 0.894 bits per heavy atom. The van der Waals surface area contributed by atoms with Crippen LogP contribution in [0.3, 0.4) is 0 Å². The first kappa shape index (κ1) is 35.8. The van der Waals surface area contributed by atoms with Crippen LogP contribution in [0.15, 0.2) is 71.6 Å². The minimum atomic E-state index is -3.91. The number of nitrogens with one attached hydrogen (secondary N) is 1. The molecular weight excluding hydrogens is 628 g/mol. The van der Waals surface area contributed by atoms with E-state index in [1.54, 1.807) is 51.7 Å². The Kier molecular flexibility index (Phi) is 13.1. The fraction of sp³-hybridized carbons (Fsp3) is 0.412. The molecule has 47 heavy (non-hydrogen) atoms. The highest BCUT2D eigenvalue weighted by molar-refractivity contribution is 7.89. The summed E-state index contributed by atoms with van der Waals surface area (Å²) in [5.41, 5.74) is 3.02. The molecule has 1 heterocycles. The van der Waals surface area contributed by atoms with Gasteiger partial charge in [-0.3, -0.25) is 4.79 Å². The number of benzene rings is 3. The number of ether oxygens (including phenoxy) is 5. The Morgan fingerprint density at radius 2 is 1.53 bits per heavy atom. The average Bonchev–Trinajstić information content (AvgIpc) is 3.59. The van der Waals surface area contributed by atoms with Gasteiger partial charge in [-0.05, 0) is 53.8 Å². The molecule has 12 nitrogen and oxygen atoms in total. The molecule has 3 aromatic rings. The minimum absolute atomic E-state index is 0.000756. The molecule has 0 unspecified atom stereocenters. The number of hydrogen-bond acceptors (Lipinski definition) is 9. The molecule has 2 atom stereocenters. The molecule has 0 bridgehead atoms. The highest BCUT2D eigenvalue weighted by Crippen LogP contribution is 2.40. The standard InChI is InChI=1S/C34H42N2O10S/c1-42-16-17-45-18-19-46-23-25-21-30(43-2)32(31(22-25)44-3)26-13-11-24(12-14-26)20-28(34(38)39)35-33(37)29-10-7-15-36(29)47(40,41)27-8-5-4-6-9-27/h4-6,8-9,11-14,21-22,28-29H,7,10,15-20,23H2,1-3H3,(H,35,37)(H,38,39)/t28-,29-/m0/s1. The lowest BCUT2D eigenvalue weighted by atomic mass is 9.98. The second-order valence-electron chi connectivity index (χ2n) is 10.9. The van der Waals surface area contributed by atoms with E-state index >= 15 is 0 Å². The lowest BCUT2D eigenvalue weighted by molar-refractivity contribution is -0.142. The number of carboxylic acid groups (broad SMARTS) is 1. The highest BCUT2D eigenvalue weighted by atomic mass is 32.2. The maximum atomic E-state index is 13.3. The van der Waals surface area contributed by atoms with Crippen molar-refractivity contribution in [1.29, 1.82) is 0 Å². The monoisotopic (exact) mass is 670 g/mol. The second kappa shape index (κ2) is 17.2. The van der Waals surface area contributed by atoms with Gasteiger partial charge in [-0.2, -0.15) is 4.31 Å². The summed E-state index contributed by atoms with van der Waals surface area (Å²) in [6.07, 6.45) is 0.796. The van der Waals surface area contributed by atoms with Crippen LogP contribution in [0.2, 0.25) is 0 Å². The third kappa shape index (κ3) is 9.30. The number of methoxy groups -OCH3 is 3. The van der Waals surface area contributed by atoms with Crippen LogP contribution in [0.4, 0.5) is 0 Å². The quantitative estimate of drug-likeness (QED) is 0.193. The Hall–Kier alpha value is -4.01. The van der Waals surface area contributed by atoms with Gasteiger partial charge in [-0.25, -0.2) is 13.2 Å². The zero-order valence-electron chi connectivity index (χ0n) is 26.8. The van der Waals surface area contributed by atoms with Gasteiger partial charge in [0.25, 0.3) is 0 Å². The molecule has 1 aliphatic rings. The number of carbonyl (C=O) groups excluding carboxylic acids is 1. The molecule has 0 radical (unpaired) electrons. The predicted molar refractivity (Wildman–Crippen MR) is 174 cm³/mol. The number of amides is 1. The SMILES string of the molecule is COCCOCCOCc1cc(OC)c(-c2ccc(C[C@H](NC(=O)[C@@H]3CCCN3S(=O)(=O)c3ccccc3)C(=O)O)cc2)c(OC)c1. The molecule has 1 aliphatic heterocycles. The van der Waals surface area contributed by atoms with Crippen molar-refractivity contribution in [3.05, 3.63) is 77.9 Å². The minimum Gasteiger partial charge on any atom is -0.496 e. The topological polar surface area (TPSA) is 150 Å². The average molecular weight is 671 g/mol.